The molecule has 0 spiro atoms. The summed E-state index contributed by atoms with van der Waals surface area (Å²) in [7, 11) is 0. The van der Waals surface area contributed by atoms with Gasteiger partial charge in [0.05, 0.1) is 6.54 Å². The van der Waals surface area contributed by atoms with Crippen LogP contribution in [0.2, 0.25) is 0 Å². The number of rotatable bonds is 9. The summed E-state index contributed by atoms with van der Waals surface area (Å²) in [5, 5.41) is 1.71. The second-order valence-corrected chi connectivity index (χ2v) is 4.87. The highest BCUT2D eigenvalue weighted by molar-refractivity contribution is 7.93. The number of hydroxylamine groups is 2. The lowest BCUT2D eigenvalue weighted by molar-refractivity contribution is -0.359. The highest BCUT2D eigenvalue weighted by atomic mass is 32.2. The number of nitrogens with zero attached hydrogens (tertiary/aromatic N) is 1. The van der Waals surface area contributed by atoms with Gasteiger partial charge in [-0.05, 0) is 30.5 Å². The molecule has 0 heterocycles. The Hall–Kier alpha value is -0.750. The summed E-state index contributed by atoms with van der Waals surface area (Å²) in [6.45, 7) is 8.32. The van der Waals surface area contributed by atoms with Crippen LogP contribution in [0.15, 0.2) is 24.3 Å². The minimum atomic E-state index is 0.543. The molecule has 0 amide bonds. The van der Waals surface area contributed by atoms with Gasteiger partial charge in [0.1, 0.15) is 12.4 Å². The van der Waals surface area contributed by atoms with E-state index in [9.17, 15) is 0 Å². The molecule has 19 heavy (non-hydrogen) atoms. The standard InChI is InChI=1S/C14H23NO3S/c1-5-15(17-18-19-4)10-11-16-14-8-6-13(7-9-14)12(2)3/h6-9,12H,5,10-11H2,1-4H3. The van der Waals surface area contributed by atoms with E-state index in [4.69, 9.17) is 14.1 Å². The van der Waals surface area contributed by atoms with Crippen molar-refractivity contribution in [1.29, 1.82) is 0 Å². The Kier molecular flexibility index (Phi) is 7.90. The molecule has 5 heteroatoms. The summed E-state index contributed by atoms with van der Waals surface area (Å²) < 4.78 is 10.5. The predicted octanol–water partition coefficient (Wildman–Crippen LogP) is 3.65. The lowest BCUT2D eigenvalue weighted by atomic mass is 10.0. The SMILES string of the molecule is CCN(CCOc1ccc(C(C)C)cc1)OOSC. The van der Waals surface area contributed by atoms with Crippen molar-refractivity contribution < 1.29 is 14.1 Å². The van der Waals surface area contributed by atoms with Crippen LogP contribution in [0.1, 0.15) is 32.3 Å². The van der Waals surface area contributed by atoms with Crippen LogP contribution < -0.4 is 4.74 Å². The van der Waals surface area contributed by atoms with Gasteiger partial charge in [0, 0.05) is 24.8 Å². The zero-order valence-corrected chi connectivity index (χ0v) is 12.9. The minimum absolute atomic E-state index is 0.543. The van der Waals surface area contributed by atoms with E-state index in [1.165, 1.54) is 17.6 Å². The van der Waals surface area contributed by atoms with Crippen LogP contribution in [-0.4, -0.2) is 31.0 Å². The van der Waals surface area contributed by atoms with Crippen LogP contribution in [0.5, 0.6) is 5.75 Å². The van der Waals surface area contributed by atoms with Gasteiger partial charge in [-0.1, -0.05) is 26.0 Å². The Morgan fingerprint density at radius 3 is 2.42 bits per heavy atom. The molecule has 0 radical (unpaired) electrons. The van der Waals surface area contributed by atoms with Crippen LogP contribution in [0.4, 0.5) is 0 Å². The van der Waals surface area contributed by atoms with Crippen LogP contribution in [0.3, 0.4) is 0 Å². The Morgan fingerprint density at radius 1 is 1.21 bits per heavy atom. The largest absolute Gasteiger partial charge is 0.492 e. The monoisotopic (exact) mass is 285 g/mol. The predicted molar refractivity (Wildman–Crippen MR) is 79.0 cm³/mol. The average Bonchev–Trinajstić information content (AvgIpc) is 2.43. The van der Waals surface area contributed by atoms with E-state index < -0.39 is 0 Å². The van der Waals surface area contributed by atoms with Crippen molar-refractivity contribution in [1.82, 2.24) is 5.06 Å². The molecule has 0 unspecified atom stereocenters. The summed E-state index contributed by atoms with van der Waals surface area (Å²) in [6.07, 6.45) is 1.81. The maximum Gasteiger partial charge on any atom is 0.119 e. The second kappa shape index (κ2) is 9.20. The van der Waals surface area contributed by atoms with E-state index in [0.29, 0.717) is 19.1 Å². The smallest absolute Gasteiger partial charge is 0.119 e. The molecule has 0 saturated heterocycles. The van der Waals surface area contributed by atoms with Crippen LogP contribution in [0.25, 0.3) is 0 Å². The molecule has 1 rings (SSSR count). The summed E-state index contributed by atoms with van der Waals surface area (Å²) in [6, 6.07) is 8.21. The van der Waals surface area contributed by atoms with E-state index in [0.717, 1.165) is 12.3 Å². The Balaban J connectivity index is 2.31. The highest BCUT2D eigenvalue weighted by Gasteiger charge is 2.04. The van der Waals surface area contributed by atoms with E-state index in [-0.39, 0.29) is 0 Å². The number of likely N-dealkylation sites (N-methyl/N-ethyl adjacent to an activating group) is 1. The first-order chi connectivity index (χ1) is 9.17. The van der Waals surface area contributed by atoms with Crippen molar-refractivity contribution in [2.24, 2.45) is 0 Å². The molecule has 0 aliphatic heterocycles. The van der Waals surface area contributed by atoms with Crippen molar-refractivity contribution in [3.63, 3.8) is 0 Å². The minimum Gasteiger partial charge on any atom is -0.492 e. The number of benzene rings is 1. The van der Waals surface area contributed by atoms with Crippen molar-refractivity contribution >= 4 is 12.0 Å². The Labute approximate surface area is 120 Å². The molecule has 0 aliphatic rings. The molecule has 0 aromatic heterocycles. The molecule has 0 N–H and O–H groups in total. The van der Waals surface area contributed by atoms with Gasteiger partial charge < -0.3 is 4.74 Å². The molecule has 0 aliphatic carbocycles. The summed E-state index contributed by atoms with van der Waals surface area (Å²) in [4.78, 5) is 5.05. The number of hydrogen-bond donors (Lipinski definition) is 0. The van der Waals surface area contributed by atoms with Crippen LogP contribution in [-0.2, 0) is 9.32 Å². The van der Waals surface area contributed by atoms with Crippen molar-refractivity contribution in [3.8, 4) is 5.75 Å². The van der Waals surface area contributed by atoms with Crippen molar-refractivity contribution in [2.45, 2.75) is 26.7 Å². The van der Waals surface area contributed by atoms with E-state index in [1.807, 2.05) is 19.1 Å². The molecule has 0 bridgehead atoms. The van der Waals surface area contributed by atoms with Gasteiger partial charge in [0.2, 0.25) is 0 Å². The van der Waals surface area contributed by atoms with E-state index in [1.54, 1.807) is 11.3 Å². The molecular weight excluding hydrogens is 262 g/mol. The third-order valence-electron chi connectivity index (χ3n) is 2.71. The number of hydrogen-bond acceptors (Lipinski definition) is 5. The quantitative estimate of drug-likeness (QED) is 0.393. The van der Waals surface area contributed by atoms with Gasteiger partial charge in [-0.15, -0.1) is 9.32 Å². The lowest BCUT2D eigenvalue weighted by Crippen LogP contribution is -2.27. The molecule has 1 aromatic rings. The molecular formula is C14H23NO3S. The van der Waals surface area contributed by atoms with Gasteiger partial charge in [0.25, 0.3) is 0 Å². The van der Waals surface area contributed by atoms with Gasteiger partial charge in [0.15, 0.2) is 0 Å². The lowest BCUT2D eigenvalue weighted by Gasteiger charge is -2.17. The van der Waals surface area contributed by atoms with Crippen LogP contribution >= 0.6 is 12.0 Å². The van der Waals surface area contributed by atoms with Crippen LogP contribution in [0, 0.1) is 0 Å². The molecule has 0 fully saturated rings. The fraction of sp³-hybridized carbons (Fsp3) is 0.571. The topological polar surface area (TPSA) is 30.9 Å². The van der Waals surface area contributed by atoms with E-state index in [2.05, 4.69) is 26.0 Å². The maximum absolute atomic E-state index is 5.67. The van der Waals surface area contributed by atoms with Gasteiger partial charge in [-0.2, -0.15) is 5.06 Å². The Bertz CT molecular complexity index is 343. The summed E-state index contributed by atoms with van der Waals surface area (Å²) in [5.41, 5.74) is 1.32. The zero-order chi connectivity index (χ0) is 14.1. The van der Waals surface area contributed by atoms with Gasteiger partial charge >= 0.3 is 0 Å². The molecule has 4 nitrogen and oxygen atoms in total. The van der Waals surface area contributed by atoms with Crippen molar-refractivity contribution in [3.05, 3.63) is 29.8 Å². The first-order valence-corrected chi connectivity index (χ1v) is 7.67. The second-order valence-electron chi connectivity index (χ2n) is 4.40. The fourth-order valence-electron chi connectivity index (χ4n) is 1.54. The highest BCUT2D eigenvalue weighted by Crippen LogP contribution is 2.18. The summed E-state index contributed by atoms with van der Waals surface area (Å²) in [5.74, 6) is 1.42. The molecule has 108 valence electrons. The Morgan fingerprint density at radius 2 is 1.89 bits per heavy atom. The molecule has 0 atom stereocenters. The third kappa shape index (κ3) is 6.29. The first-order valence-electron chi connectivity index (χ1n) is 6.52. The van der Waals surface area contributed by atoms with Gasteiger partial charge in [-0.3, -0.25) is 0 Å². The molecule has 0 saturated carbocycles. The average molecular weight is 285 g/mol. The normalized spacial score (nSPS) is 11.3. The third-order valence-corrected chi connectivity index (χ3v) is 2.91. The molecule has 1 aromatic carbocycles. The zero-order valence-electron chi connectivity index (χ0n) is 12.1. The number of ether oxygens (including phenoxy) is 1. The summed E-state index contributed by atoms with van der Waals surface area (Å²) >= 11 is 1.17. The van der Waals surface area contributed by atoms with E-state index >= 15 is 0 Å². The fourth-order valence-corrected chi connectivity index (χ4v) is 1.68. The maximum atomic E-state index is 5.67. The van der Waals surface area contributed by atoms with Crippen molar-refractivity contribution in [2.75, 3.05) is 26.0 Å². The van der Waals surface area contributed by atoms with Gasteiger partial charge in [-0.25, -0.2) is 0 Å². The first kappa shape index (κ1) is 16.3.